The van der Waals surface area contributed by atoms with Crippen molar-refractivity contribution in [1.29, 1.82) is 0 Å². The molecule has 0 spiro atoms. The van der Waals surface area contributed by atoms with Crippen LogP contribution in [0, 0.1) is 11.7 Å². The van der Waals surface area contributed by atoms with Gasteiger partial charge in [0.05, 0.1) is 13.2 Å². The molecule has 3 amide bonds. The maximum absolute atomic E-state index is 12.9. The molecule has 2 aromatic carbocycles. The van der Waals surface area contributed by atoms with Crippen molar-refractivity contribution in [2.75, 3.05) is 26.2 Å². The number of piperidine rings is 1. The highest BCUT2D eigenvalue weighted by Gasteiger charge is 2.22. The third-order valence-electron chi connectivity index (χ3n) is 5.81. The first-order chi connectivity index (χ1) is 15.5. The van der Waals surface area contributed by atoms with E-state index in [0.29, 0.717) is 12.5 Å². The minimum Gasteiger partial charge on any atom is -0.494 e. The molecule has 0 saturated carbocycles. The van der Waals surface area contributed by atoms with Crippen molar-refractivity contribution in [1.82, 2.24) is 15.5 Å². The number of halogens is 1. The van der Waals surface area contributed by atoms with Crippen LogP contribution in [0.25, 0.3) is 0 Å². The third-order valence-corrected chi connectivity index (χ3v) is 5.81. The van der Waals surface area contributed by atoms with Crippen LogP contribution in [0.15, 0.2) is 48.5 Å². The summed E-state index contributed by atoms with van der Waals surface area (Å²) in [6.07, 6.45) is 4.11. The molecule has 0 radical (unpaired) electrons. The second kappa shape index (κ2) is 12.1. The number of nitrogens with zero attached hydrogens (tertiary/aromatic N) is 1. The van der Waals surface area contributed by atoms with Gasteiger partial charge in [0.25, 0.3) is 0 Å². The molecule has 1 saturated heterocycles. The first kappa shape index (κ1) is 23.6. The van der Waals surface area contributed by atoms with Crippen LogP contribution in [0.5, 0.6) is 5.75 Å². The zero-order valence-corrected chi connectivity index (χ0v) is 18.6. The maximum Gasteiger partial charge on any atom is 0.315 e. The number of nitrogens with one attached hydrogen (secondary N) is 2. The van der Waals surface area contributed by atoms with E-state index in [9.17, 15) is 14.0 Å². The Bertz CT molecular complexity index is 863. The number of ether oxygens (including phenoxy) is 1. The molecule has 0 unspecified atom stereocenters. The number of carbonyl (C=O) groups excluding carboxylic acids is 2. The van der Waals surface area contributed by atoms with Crippen LogP contribution in [0.1, 0.15) is 37.3 Å². The molecule has 0 aromatic heterocycles. The number of urea groups is 1. The molecule has 32 heavy (non-hydrogen) atoms. The van der Waals surface area contributed by atoms with Gasteiger partial charge in [-0.25, -0.2) is 9.18 Å². The molecule has 6 nitrogen and oxygen atoms in total. The van der Waals surface area contributed by atoms with Crippen molar-refractivity contribution in [3.8, 4) is 5.75 Å². The van der Waals surface area contributed by atoms with E-state index in [0.717, 1.165) is 50.1 Å². The number of carbonyl (C=O) groups is 2. The molecule has 2 aromatic rings. The van der Waals surface area contributed by atoms with E-state index in [1.165, 1.54) is 17.7 Å². The molecule has 172 valence electrons. The lowest BCUT2D eigenvalue weighted by Crippen LogP contribution is -2.46. The molecule has 1 heterocycles. The summed E-state index contributed by atoms with van der Waals surface area (Å²) in [5.41, 5.74) is 2.10. The van der Waals surface area contributed by atoms with Crippen molar-refractivity contribution >= 4 is 11.9 Å². The van der Waals surface area contributed by atoms with E-state index in [2.05, 4.69) is 22.8 Å². The number of hydrogen-bond donors (Lipinski definition) is 2. The van der Waals surface area contributed by atoms with Crippen LogP contribution in [0.3, 0.4) is 0 Å². The Balaban J connectivity index is 1.30. The fourth-order valence-electron chi connectivity index (χ4n) is 3.88. The normalized spacial score (nSPS) is 14.1. The van der Waals surface area contributed by atoms with E-state index >= 15 is 0 Å². The summed E-state index contributed by atoms with van der Waals surface area (Å²) in [5.74, 6) is 1.13. The van der Waals surface area contributed by atoms with Gasteiger partial charge in [0.1, 0.15) is 11.6 Å². The SMILES string of the molecule is CCOc1ccc(CCC2CCN(C(=O)CNC(=O)NCc3ccc(F)cc3)CC2)cc1. The fraction of sp³-hybridized carbons (Fsp3) is 0.440. The molecule has 0 bridgehead atoms. The Kier molecular flexibility index (Phi) is 8.90. The van der Waals surface area contributed by atoms with Gasteiger partial charge in [0.15, 0.2) is 0 Å². The second-order valence-corrected chi connectivity index (χ2v) is 8.10. The minimum atomic E-state index is -0.409. The molecule has 1 aliphatic heterocycles. The van der Waals surface area contributed by atoms with Gasteiger partial charge in [-0.05, 0) is 73.9 Å². The van der Waals surface area contributed by atoms with Crippen LogP contribution >= 0.6 is 0 Å². The van der Waals surface area contributed by atoms with E-state index in [4.69, 9.17) is 4.74 Å². The number of rotatable bonds is 9. The van der Waals surface area contributed by atoms with Crippen LogP contribution in [0.4, 0.5) is 9.18 Å². The molecule has 2 N–H and O–H groups in total. The van der Waals surface area contributed by atoms with E-state index in [1.807, 2.05) is 24.0 Å². The largest absolute Gasteiger partial charge is 0.494 e. The third kappa shape index (κ3) is 7.55. The lowest BCUT2D eigenvalue weighted by Gasteiger charge is -2.32. The van der Waals surface area contributed by atoms with Gasteiger partial charge in [-0.3, -0.25) is 4.79 Å². The molecule has 7 heteroatoms. The smallest absolute Gasteiger partial charge is 0.315 e. The molecule has 1 fully saturated rings. The highest BCUT2D eigenvalue weighted by molar-refractivity contribution is 5.84. The number of aryl methyl sites for hydroxylation is 1. The molecular formula is C25H32FN3O3. The van der Waals surface area contributed by atoms with Crippen molar-refractivity contribution in [3.63, 3.8) is 0 Å². The summed E-state index contributed by atoms with van der Waals surface area (Å²) in [4.78, 5) is 26.2. The van der Waals surface area contributed by atoms with Crippen LogP contribution < -0.4 is 15.4 Å². The highest BCUT2D eigenvalue weighted by atomic mass is 19.1. The summed E-state index contributed by atoms with van der Waals surface area (Å²) in [5, 5.41) is 5.28. The topological polar surface area (TPSA) is 70.7 Å². The second-order valence-electron chi connectivity index (χ2n) is 8.10. The summed E-state index contributed by atoms with van der Waals surface area (Å²) < 4.78 is 18.4. The standard InChI is InChI=1S/C25H32FN3O3/c1-2-32-23-11-7-19(8-12-23)3-4-20-13-15-29(16-14-20)24(30)18-28-25(31)27-17-21-5-9-22(26)10-6-21/h5-12,20H,2-4,13-18H2,1H3,(H2,27,28,31). The Hall–Kier alpha value is -3.09. The molecule has 0 atom stereocenters. The van der Waals surface area contributed by atoms with Crippen molar-refractivity contribution in [3.05, 3.63) is 65.5 Å². The van der Waals surface area contributed by atoms with Crippen LogP contribution in [-0.2, 0) is 17.8 Å². The van der Waals surface area contributed by atoms with Gasteiger partial charge in [0, 0.05) is 19.6 Å². The summed E-state index contributed by atoms with van der Waals surface area (Å²) in [7, 11) is 0. The van der Waals surface area contributed by atoms with Gasteiger partial charge in [0.2, 0.25) is 5.91 Å². The Labute approximate surface area is 189 Å². The summed E-state index contributed by atoms with van der Waals surface area (Å²) in [6.45, 7) is 4.36. The predicted molar refractivity (Wildman–Crippen MR) is 122 cm³/mol. The summed E-state index contributed by atoms with van der Waals surface area (Å²) in [6, 6.07) is 13.8. The van der Waals surface area contributed by atoms with E-state index in [-0.39, 0.29) is 24.8 Å². The number of likely N-dealkylation sites (tertiary alicyclic amines) is 1. The molecule has 3 rings (SSSR count). The molecular weight excluding hydrogens is 409 g/mol. The lowest BCUT2D eigenvalue weighted by molar-refractivity contribution is -0.131. The van der Waals surface area contributed by atoms with Gasteiger partial charge in [-0.2, -0.15) is 0 Å². The van der Waals surface area contributed by atoms with Crippen molar-refractivity contribution < 1.29 is 18.7 Å². The van der Waals surface area contributed by atoms with Gasteiger partial charge in [-0.1, -0.05) is 24.3 Å². The van der Waals surface area contributed by atoms with E-state index < -0.39 is 6.03 Å². The first-order valence-corrected chi connectivity index (χ1v) is 11.3. The number of benzene rings is 2. The Morgan fingerprint density at radius 3 is 2.31 bits per heavy atom. The maximum atomic E-state index is 12.9. The lowest BCUT2D eigenvalue weighted by atomic mass is 9.90. The van der Waals surface area contributed by atoms with Crippen LogP contribution in [-0.4, -0.2) is 43.1 Å². The fourth-order valence-corrected chi connectivity index (χ4v) is 3.88. The van der Waals surface area contributed by atoms with Gasteiger partial charge < -0.3 is 20.3 Å². The zero-order valence-electron chi connectivity index (χ0n) is 18.6. The highest BCUT2D eigenvalue weighted by Crippen LogP contribution is 2.23. The monoisotopic (exact) mass is 441 g/mol. The quantitative estimate of drug-likeness (QED) is 0.620. The first-order valence-electron chi connectivity index (χ1n) is 11.3. The Morgan fingerprint density at radius 2 is 1.66 bits per heavy atom. The van der Waals surface area contributed by atoms with Crippen molar-refractivity contribution in [2.24, 2.45) is 5.92 Å². The average Bonchev–Trinajstić information content (AvgIpc) is 2.82. The predicted octanol–water partition coefficient (Wildman–Crippen LogP) is 3.90. The molecule has 0 aliphatic carbocycles. The average molecular weight is 442 g/mol. The summed E-state index contributed by atoms with van der Waals surface area (Å²) >= 11 is 0. The number of amides is 3. The zero-order chi connectivity index (χ0) is 22.8. The van der Waals surface area contributed by atoms with Gasteiger partial charge >= 0.3 is 6.03 Å². The Morgan fingerprint density at radius 1 is 1.00 bits per heavy atom. The number of hydrogen-bond acceptors (Lipinski definition) is 3. The molecule has 1 aliphatic rings. The van der Waals surface area contributed by atoms with Crippen molar-refractivity contribution in [2.45, 2.75) is 39.2 Å². The minimum absolute atomic E-state index is 0.0217. The van der Waals surface area contributed by atoms with Gasteiger partial charge in [-0.15, -0.1) is 0 Å². The van der Waals surface area contributed by atoms with Crippen LogP contribution in [0.2, 0.25) is 0 Å². The van der Waals surface area contributed by atoms with E-state index in [1.54, 1.807) is 12.1 Å².